The molecule has 2 aliphatic rings. The molecule has 5 aromatic rings. The highest BCUT2D eigenvalue weighted by atomic mass is 19.1. The van der Waals surface area contributed by atoms with Gasteiger partial charge in [0.15, 0.2) is 0 Å². The average molecular weight is 544 g/mol. The Kier molecular flexibility index (Phi) is 5.51. The second-order valence-corrected chi connectivity index (χ2v) is 10.3. The number of hydrogen-bond donors (Lipinski definition) is 4. The van der Waals surface area contributed by atoms with Crippen LogP contribution in [0.5, 0.6) is 0 Å². The van der Waals surface area contributed by atoms with Gasteiger partial charge in [-0.15, -0.1) is 0 Å². The summed E-state index contributed by atoms with van der Waals surface area (Å²) in [4.78, 5) is 44.4. The van der Waals surface area contributed by atoms with Crippen LogP contribution >= 0.6 is 0 Å². The number of carboxylic acids is 1. The van der Waals surface area contributed by atoms with E-state index in [1.807, 2.05) is 0 Å². The van der Waals surface area contributed by atoms with E-state index >= 15 is 0 Å². The molecule has 2 fully saturated rings. The molecule has 204 valence electrons. The van der Waals surface area contributed by atoms with E-state index in [1.165, 1.54) is 12.1 Å². The molecule has 0 radical (unpaired) electrons. The molecule has 4 aromatic heterocycles. The summed E-state index contributed by atoms with van der Waals surface area (Å²) in [6.45, 7) is 2.78. The minimum atomic E-state index is -1.32. The molecular formula is C28H26FN7O4. The average Bonchev–Trinajstić information content (AvgIpc) is 3.55. The number of H-pyrrole nitrogens is 2. The zero-order valence-corrected chi connectivity index (χ0v) is 21.8. The van der Waals surface area contributed by atoms with Crippen molar-refractivity contribution in [1.82, 2.24) is 24.8 Å². The molecule has 0 spiro atoms. The number of aromatic amines is 2. The van der Waals surface area contributed by atoms with E-state index in [0.717, 1.165) is 29.3 Å². The fraction of sp³-hybridized carbons (Fsp3) is 0.286. The van der Waals surface area contributed by atoms with Crippen molar-refractivity contribution in [3.63, 3.8) is 0 Å². The molecule has 6 heterocycles. The van der Waals surface area contributed by atoms with Gasteiger partial charge in [0.05, 0.1) is 46.4 Å². The molecule has 2 atom stereocenters. The summed E-state index contributed by atoms with van der Waals surface area (Å²) in [5, 5.41) is 14.1. The molecule has 0 aliphatic carbocycles. The van der Waals surface area contributed by atoms with Crippen molar-refractivity contribution in [3.05, 3.63) is 58.4 Å². The number of aromatic carboxylic acids is 1. The van der Waals surface area contributed by atoms with Crippen molar-refractivity contribution in [2.24, 2.45) is 0 Å². The Morgan fingerprint density at radius 3 is 2.77 bits per heavy atom. The Bertz CT molecular complexity index is 1900. The molecule has 4 N–H and O–H groups in total. The third kappa shape index (κ3) is 3.63. The van der Waals surface area contributed by atoms with Crippen LogP contribution in [0.3, 0.4) is 0 Å². The number of pyridine rings is 3. The number of morpholine rings is 1. The van der Waals surface area contributed by atoms with Gasteiger partial charge in [0, 0.05) is 61.8 Å². The van der Waals surface area contributed by atoms with Crippen molar-refractivity contribution in [2.75, 3.05) is 50.6 Å². The van der Waals surface area contributed by atoms with Crippen LogP contribution in [0.1, 0.15) is 10.4 Å². The standard InChI is InChI=1S/C28H26FN7O4/c1-30-19-7-14(29)6-15-22-24(36-11-20-21(12-36)40-4-3-35(20)2)17(9-33-27(22)34-23(15)19)13-5-16-25(37)18(28(38)39)10-32-26(16)31-8-13/h5-10,20-21,30H,3-4,11-12H2,1-2H3,(H,33,34)(H,38,39)(H,31,32,37). The predicted octanol–water partition coefficient (Wildman–Crippen LogP) is 3.02. The normalized spacial score (nSPS) is 19.5. The highest BCUT2D eigenvalue weighted by molar-refractivity contribution is 6.18. The number of ether oxygens (including phenoxy) is 1. The van der Waals surface area contributed by atoms with Crippen molar-refractivity contribution in [1.29, 1.82) is 0 Å². The first-order valence-electron chi connectivity index (χ1n) is 13.0. The second kappa shape index (κ2) is 9.00. The Balaban J connectivity index is 1.51. The number of aromatic nitrogens is 4. The molecule has 2 saturated heterocycles. The summed E-state index contributed by atoms with van der Waals surface area (Å²) in [6, 6.07) is 4.75. The molecule has 0 amide bonds. The highest BCUT2D eigenvalue weighted by Gasteiger charge is 2.40. The van der Waals surface area contributed by atoms with E-state index < -0.39 is 11.4 Å². The van der Waals surface area contributed by atoms with E-state index in [9.17, 15) is 19.1 Å². The largest absolute Gasteiger partial charge is 0.477 e. The number of fused-ring (bicyclic) bond motifs is 5. The molecule has 0 bridgehead atoms. The number of carbonyl (C=O) groups is 1. The van der Waals surface area contributed by atoms with Gasteiger partial charge in [-0.1, -0.05) is 0 Å². The minimum Gasteiger partial charge on any atom is -0.477 e. The maximum Gasteiger partial charge on any atom is 0.341 e. The van der Waals surface area contributed by atoms with Crippen molar-refractivity contribution in [2.45, 2.75) is 12.1 Å². The lowest BCUT2D eigenvalue weighted by atomic mass is 10.0. The van der Waals surface area contributed by atoms with Crippen molar-refractivity contribution < 1.29 is 19.0 Å². The number of carboxylic acid groups (broad SMARTS) is 1. The summed E-state index contributed by atoms with van der Waals surface area (Å²) in [5.41, 5.74) is 3.34. The molecule has 7 rings (SSSR count). The van der Waals surface area contributed by atoms with Gasteiger partial charge in [-0.05, 0) is 25.2 Å². The Labute approximate surface area is 226 Å². The first kappa shape index (κ1) is 24.5. The van der Waals surface area contributed by atoms with E-state index in [2.05, 4.69) is 37.1 Å². The van der Waals surface area contributed by atoms with Crippen LogP contribution in [0.25, 0.3) is 44.1 Å². The number of halogens is 1. The number of likely N-dealkylation sites (N-methyl/N-ethyl adjacent to an activating group) is 1. The van der Waals surface area contributed by atoms with Gasteiger partial charge in [-0.3, -0.25) is 9.69 Å². The molecule has 40 heavy (non-hydrogen) atoms. The lowest BCUT2D eigenvalue weighted by molar-refractivity contribution is -0.0362. The van der Waals surface area contributed by atoms with Gasteiger partial charge in [0.25, 0.3) is 0 Å². The summed E-state index contributed by atoms with van der Waals surface area (Å²) < 4.78 is 21.0. The number of anilines is 2. The lowest BCUT2D eigenvalue weighted by Crippen LogP contribution is -2.48. The number of rotatable bonds is 4. The Morgan fingerprint density at radius 2 is 2.00 bits per heavy atom. The summed E-state index contributed by atoms with van der Waals surface area (Å²) in [5.74, 6) is -1.70. The van der Waals surface area contributed by atoms with Crippen molar-refractivity contribution >= 4 is 50.3 Å². The summed E-state index contributed by atoms with van der Waals surface area (Å²) in [6.07, 6.45) is 4.50. The van der Waals surface area contributed by atoms with Gasteiger partial charge < -0.3 is 30.0 Å². The number of nitrogens with zero attached hydrogens (tertiary/aromatic N) is 4. The number of benzene rings is 1. The second-order valence-electron chi connectivity index (χ2n) is 10.3. The third-order valence-electron chi connectivity index (χ3n) is 8.10. The van der Waals surface area contributed by atoms with E-state index in [1.54, 1.807) is 25.5 Å². The Hall–Kier alpha value is -4.55. The molecule has 2 aliphatic heterocycles. The van der Waals surface area contributed by atoms with Gasteiger partial charge in [0.2, 0.25) is 5.43 Å². The number of nitrogens with one attached hydrogen (secondary N) is 3. The maximum atomic E-state index is 14.8. The van der Waals surface area contributed by atoms with Gasteiger partial charge in [0.1, 0.15) is 22.7 Å². The first-order chi connectivity index (χ1) is 19.3. The zero-order valence-electron chi connectivity index (χ0n) is 21.8. The van der Waals surface area contributed by atoms with Crippen LogP contribution in [0, 0.1) is 5.82 Å². The first-order valence-corrected chi connectivity index (χ1v) is 13.0. The molecule has 1 aromatic carbocycles. The topological polar surface area (TPSA) is 139 Å². The molecular weight excluding hydrogens is 517 g/mol. The van der Waals surface area contributed by atoms with Gasteiger partial charge >= 0.3 is 5.97 Å². The van der Waals surface area contributed by atoms with Crippen LogP contribution in [-0.4, -0.2) is 88.4 Å². The van der Waals surface area contributed by atoms with Crippen molar-refractivity contribution in [3.8, 4) is 11.1 Å². The van der Waals surface area contributed by atoms with Crippen LogP contribution in [-0.2, 0) is 4.74 Å². The molecule has 11 nitrogen and oxygen atoms in total. The number of hydrogen-bond acceptors (Lipinski definition) is 8. The molecule has 0 saturated carbocycles. The lowest BCUT2D eigenvalue weighted by Gasteiger charge is -2.33. The highest BCUT2D eigenvalue weighted by Crippen LogP contribution is 2.43. The molecule has 12 heteroatoms. The zero-order chi connectivity index (χ0) is 27.7. The smallest absolute Gasteiger partial charge is 0.341 e. The predicted molar refractivity (Wildman–Crippen MR) is 150 cm³/mol. The minimum absolute atomic E-state index is 0.000301. The van der Waals surface area contributed by atoms with Gasteiger partial charge in [-0.2, -0.15) is 0 Å². The van der Waals surface area contributed by atoms with E-state index in [-0.39, 0.29) is 34.6 Å². The Morgan fingerprint density at radius 1 is 1.18 bits per heavy atom. The maximum absolute atomic E-state index is 14.8. The SMILES string of the molecule is CNc1cc(F)cc2c1[nH]c1ncc(-c3cnc4[nH]cc(C(=O)O)c(=O)c4c3)c(N3CC4OCCN(C)C4C3)c12. The van der Waals surface area contributed by atoms with Crippen LogP contribution in [0.15, 0.2) is 41.6 Å². The quantitative estimate of drug-likeness (QED) is 0.269. The molecule has 2 unspecified atom stereocenters. The summed E-state index contributed by atoms with van der Waals surface area (Å²) in [7, 11) is 3.83. The van der Waals surface area contributed by atoms with E-state index in [4.69, 9.17) is 9.72 Å². The summed E-state index contributed by atoms with van der Waals surface area (Å²) >= 11 is 0. The van der Waals surface area contributed by atoms with Crippen LogP contribution < -0.4 is 15.6 Å². The fourth-order valence-corrected chi connectivity index (χ4v) is 6.10. The van der Waals surface area contributed by atoms with Gasteiger partial charge in [-0.25, -0.2) is 19.2 Å². The van der Waals surface area contributed by atoms with Crippen LogP contribution in [0.4, 0.5) is 15.8 Å². The van der Waals surface area contributed by atoms with E-state index in [0.29, 0.717) is 47.5 Å². The third-order valence-corrected chi connectivity index (χ3v) is 8.10. The fourth-order valence-electron chi connectivity index (χ4n) is 6.10. The monoisotopic (exact) mass is 543 g/mol. The van der Waals surface area contributed by atoms with Crippen LogP contribution in [0.2, 0.25) is 0 Å².